The minimum absolute atomic E-state index is 0.206. The smallest absolute Gasteiger partial charge is 0.132 e. The molecule has 0 bridgehead atoms. The third-order valence-corrected chi connectivity index (χ3v) is 5.70. The number of hydrogen-bond acceptors (Lipinski definition) is 2. The molecule has 0 aliphatic carbocycles. The van der Waals surface area contributed by atoms with Crippen molar-refractivity contribution in [1.29, 1.82) is 0 Å². The van der Waals surface area contributed by atoms with Crippen LogP contribution in [0.3, 0.4) is 0 Å². The van der Waals surface area contributed by atoms with Crippen LogP contribution in [0.1, 0.15) is 117 Å². The van der Waals surface area contributed by atoms with E-state index in [0.29, 0.717) is 5.78 Å². The van der Waals surface area contributed by atoms with Crippen LogP contribution in [0.15, 0.2) is 0 Å². The Balaban J connectivity index is 3.42. The van der Waals surface area contributed by atoms with Crippen molar-refractivity contribution in [2.45, 2.75) is 123 Å². The van der Waals surface area contributed by atoms with Crippen LogP contribution in [0.25, 0.3) is 0 Å². The van der Waals surface area contributed by atoms with Gasteiger partial charge in [0.1, 0.15) is 18.4 Å². The van der Waals surface area contributed by atoms with Gasteiger partial charge in [0, 0.05) is 12.8 Å². The fraction of sp³-hybridized carbons (Fsp3) is 0.958. The van der Waals surface area contributed by atoms with E-state index in [1.165, 1.54) is 64.2 Å². The highest BCUT2D eigenvalue weighted by molar-refractivity contribution is 5.78. The molecule has 0 aromatic rings. The molecule has 0 rings (SSSR count). The summed E-state index contributed by atoms with van der Waals surface area (Å²) in [5.41, 5.74) is 0. The number of unbranched alkanes of at least 4 members (excludes halogenated alkanes) is 11. The van der Waals surface area contributed by atoms with Crippen LogP contribution in [-0.2, 0) is 4.79 Å². The maximum absolute atomic E-state index is 12.0. The second-order valence-electron chi connectivity index (χ2n) is 9.19. The SMILES string of the molecule is CCCCCCCCCCCCCC(=O)CCCC[N+](C)(C)CC(O)CC. The molecule has 162 valence electrons. The van der Waals surface area contributed by atoms with E-state index in [0.717, 1.165) is 56.1 Å². The van der Waals surface area contributed by atoms with Gasteiger partial charge in [-0.2, -0.15) is 0 Å². The topological polar surface area (TPSA) is 37.3 Å². The third kappa shape index (κ3) is 18.7. The monoisotopic (exact) mass is 384 g/mol. The molecule has 0 aromatic carbocycles. The second kappa shape index (κ2) is 17.7. The summed E-state index contributed by atoms with van der Waals surface area (Å²) in [7, 11) is 4.35. The van der Waals surface area contributed by atoms with Crippen molar-refractivity contribution in [3.05, 3.63) is 0 Å². The lowest BCUT2D eigenvalue weighted by Gasteiger charge is -2.31. The molecule has 0 aromatic heterocycles. The maximum Gasteiger partial charge on any atom is 0.132 e. The molecule has 0 spiro atoms. The molecule has 0 saturated heterocycles. The number of quaternary nitrogens is 1. The Morgan fingerprint density at radius 1 is 0.741 bits per heavy atom. The summed E-state index contributed by atoms with van der Waals surface area (Å²) in [5.74, 6) is 0.449. The minimum atomic E-state index is -0.206. The summed E-state index contributed by atoms with van der Waals surface area (Å²) in [5, 5.41) is 9.80. The zero-order chi connectivity index (χ0) is 20.4. The molecule has 1 unspecified atom stereocenters. The second-order valence-corrected chi connectivity index (χ2v) is 9.19. The predicted octanol–water partition coefficient (Wildman–Crippen LogP) is 6.27. The fourth-order valence-corrected chi connectivity index (χ4v) is 3.76. The number of carbonyl (C=O) groups excluding carboxylic acids is 1. The van der Waals surface area contributed by atoms with E-state index < -0.39 is 0 Å². The Labute approximate surface area is 170 Å². The molecule has 0 saturated carbocycles. The van der Waals surface area contributed by atoms with Crippen LogP contribution < -0.4 is 0 Å². The highest BCUT2D eigenvalue weighted by Gasteiger charge is 2.18. The van der Waals surface area contributed by atoms with Gasteiger partial charge in [-0.1, -0.05) is 78.1 Å². The molecular formula is C24H50NO2+. The third-order valence-electron chi connectivity index (χ3n) is 5.70. The van der Waals surface area contributed by atoms with Gasteiger partial charge in [0.2, 0.25) is 0 Å². The first-order chi connectivity index (χ1) is 12.9. The van der Waals surface area contributed by atoms with Gasteiger partial charge in [-0.15, -0.1) is 0 Å². The Hall–Kier alpha value is -0.410. The number of aliphatic hydroxyl groups excluding tert-OH is 1. The first kappa shape index (κ1) is 26.6. The summed E-state index contributed by atoms with van der Waals surface area (Å²) >= 11 is 0. The van der Waals surface area contributed by atoms with Crippen LogP contribution in [0.2, 0.25) is 0 Å². The first-order valence-corrected chi connectivity index (χ1v) is 11.9. The summed E-state index contributed by atoms with van der Waals surface area (Å²) in [4.78, 5) is 12.0. The normalized spacial score (nSPS) is 13.1. The lowest BCUT2D eigenvalue weighted by atomic mass is 10.0. The van der Waals surface area contributed by atoms with Crippen molar-refractivity contribution in [3.8, 4) is 0 Å². The average molecular weight is 385 g/mol. The lowest BCUT2D eigenvalue weighted by Crippen LogP contribution is -2.45. The Bertz CT molecular complexity index is 341. The highest BCUT2D eigenvalue weighted by atomic mass is 16.3. The summed E-state index contributed by atoms with van der Waals surface area (Å²) in [6, 6.07) is 0. The lowest BCUT2D eigenvalue weighted by molar-refractivity contribution is -0.893. The van der Waals surface area contributed by atoms with Crippen LogP contribution in [0.5, 0.6) is 0 Å². The summed E-state index contributed by atoms with van der Waals surface area (Å²) in [6.45, 7) is 6.15. The molecular weight excluding hydrogens is 334 g/mol. The standard InChI is InChI=1S/C24H50NO2/c1-5-7-8-9-10-11-12-13-14-15-16-19-24(27)20-17-18-21-25(3,4)22-23(26)6-2/h23,26H,5-22H2,1-4H3/q+1. The van der Waals surface area contributed by atoms with Gasteiger partial charge in [-0.25, -0.2) is 0 Å². The zero-order valence-corrected chi connectivity index (χ0v) is 19.1. The van der Waals surface area contributed by atoms with Gasteiger partial charge in [0.05, 0.1) is 20.6 Å². The van der Waals surface area contributed by atoms with Gasteiger partial charge in [-0.3, -0.25) is 4.79 Å². The molecule has 1 atom stereocenters. The molecule has 0 radical (unpaired) electrons. The van der Waals surface area contributed by atoms with E-state index in [1.807, 2.05) is 6.92 Å². The zero-order valence-electron chi connectivity index (χ0n) is 19.1. The van der Waals surface area contributed by atoms with Crippen molar-refractivity contribution >= 4 is 5.78 Å². The Morgan fingerprint density at radius 2 is 1.19 bits per heavy atom. The molecule has 3 nitrogen and oxygen atoms in total. The van der Waals surface area contributed by atoms with Gasteiger partial charge in [0.25, 0.3) is 0 Å². The number of aliphatic hydroxyl groups is 1. The Kier molecular flexibility index (Phi) is 17.4. The van der Waals surface area contributed by atoms with Gasteiger partial charge in [0.15, 0.2) is 0 Å². The van der Waals surface area contributed by atoms with E-state index in [2.05, 4.69) is 21.0 Å². The molecule has 0 heterocycles. The first-order valence-electron chi connectivity index (χ1n) is 11.9. The van der Waals surface area contributed by atoms with Gasteiger partial charge < -0.3 is 9.59 Å². The van der Waals surface area contributed by atoms with Gasteiger partial charge in [-0.05, 0) is 25.7 Å². The largest absolute Gasteiger partial charge is 0.387 e. The predicted molar refractivity (Wildman–Crippen MR) is 118 cm³/mol. The number of likely N-dealkylation sites (N-methyl/N-ethyl adjacent to an activating group) is 1. The number of carbonyl (C=O) groups is 1. The average Bonchev–Trinajstić information content (AvgIpc) is 2.62. The number of hydrogen-bond donors (Lipinski definition) is 1. The van der Waals surface area contributed by atoms with Crippen molar-refractivity contribution in [2.24, 2.45) is 0 Å². The Morgan fingerprint density at radius 3 is 1.67 bits per heavy atom. The van der Waals surface area contributed by atoms with Crippen LogP contribution in [0, 0.1) is 0 Å². The van der Waals surface area contributed by atoms with E-state index in [1.54, 1.807) is 0 Å². The van der Waals surface area contributed by atoms with Crippen molar-refractivity contribution in [1.82, 2.24) is 0 Å². The van der Waals surface area contributed by atoms with Crippen molar-refractivity contribution < 1.29 is 14.4 Å². The van der Waals surface area contributed by atoms with Crippen molar-refractivity contribution in [3.63, 3.8) is 0 Å². The van der Waals surface area contributed by atoms with E-state index in [-0.39, 0.29) is 6.10 Å². The fourth-order valence-electron chi connectivity index (χ4n) is 3.76. The molecule has 27 heavy (non-hydrogen) atoms. The van der Waals surface area contributed by atoms with Crippen LogP contribution in [-0.4, -0.2) is 48.7 Å². The van der Waals surface area contributed by atoms with Crippen molar-refractivity contribution in [2.75, 3.05) is 27.2 Å². The highest BCUT2D eigenvalue weighted by Crippen LogP contribution is 2.13. The van der Waals surface area contributed by atoms with Crippen LogP contribution in [0.4, 0.5) is 0 Å². The van der Waals surface area contributed by atoms with E-state index in [9.17, 15) is 9.90 Å². The summed E-state index contributed by atoms with van der Waals surface area (Å²) < 4.78 is 0.849. The number of Topliss-reactive ketones (excluding diaryl/α,β-unsaturated/α-hetero) is 1. The number of ketones is 1. The molecule has 0 fully saturated rings. The van der Waals surface area contributed by atoms with E-state index in [4.69, 9.17) is 0 Å². The molecule has 1 N–H and O–H groups in total. The molecule has 0 amide bonds. The number of rotatable bonds is 20. The van der Waals surface area contributed by atoms with Crippen LogP contribution >= 0.6 is 0 Å². The molecule has 3 heteroatoms. The molecule has 0 aliphatic rings. The van der Waals surface area contributed by atoms with E-state index >= 15 is 0 Å². The quantitative estimate of drug-likeness (QED) is 0.198. The summed E-state index contributed by atoms with van der Waals surface area (Å²) in [6.07, 6.45) is 18.9. The minimum Gasteiger partial charge on any atom is -0.387 e. The van der Waals surface area contributed by atoms with Gasteiger partial charge >= 0.3 is 0 Å². The number of nitrogens with zero attached hydrogens (tertiary/aromatic N) is 1. The maximum atomic E-state index is 12.0. The molecule has 0 aliphatic heterocycles.